The van der Waals surface area contributed by atoms with E-state index >= 15 is 0 Å². The molecule has 1 atom stereocenters. The lowest BCUT2D eigenvalue weighted by atomic mass is 10.2. The van der Waals surface area contributed by atoms with Crippen molar-refractivity contribution in [3.8, 4) is 0 Å². The normalized spacial score (nSPS) is 17.4. The van der Waals surface area contributed by atoms with Crippen molar-refractivity contribution < 1.29 is 17.6 Å². The molecule has 6 nitrogen and oxygen atoms in total. The fourth-order valence-electron chi connectivity index (χ4n) is 3.23. The highest BCUT2D eigenvalue weighted by Crippen LogP contribution is 2.26. The van der Waals surface area contributed by atoms with Gasteiger partial charge in [0, 0.05) is 23.4 Å². The summed E-state index contributed by atoms with van der Waals surface area (Å²) < 4.78 is 40.2. The van der Waals surface area contributed by atoms with E-state index in [0.29, 0.717) is 18.8 Å². The number of halogens is 1. The molecule has 1 amide bonds. The van der Waals surface area contributed by atoms with Gasteiger partial charge in [-0.1, -0.05) is 13.8 Å². The maximum absolute atomic E-state index is 13.2. The second-order valence-corrected chi connectivity index (χ2v) is 10.6. The zero-order valence-electron chi connectivity index (χ0n) is 17.0. The predicted octanol–water partition coefficient (Wildman–Crippen LogP) is 3.44. The molecular weight excluding hydrogens is 425 g/mol. The topological polar surface area (TPSA) is 79.4 Å². The van der Waals surface area contributed by atoms with Crippen molar-refractivity contribution in [2.45, 2.75) is 49.1 Å². The monoisotopic (exact) mass is 451 g/mol. The Bertz CT molecular complexity index is 981. The average Bonchev–Trinajstić information content (AvgIpc) is 3.22. The van der Waals surface area contributed by atoms with E-state index in [-0.39, 0.29) is 23.9 Å². The first-order valence-electron chi connectivity index (χ1n) is 9.90. The van der Waals surface area contributed by atoms with Crippen LogP contribution in [-0.4, -0.2) is 42.0 Å². The number of aromatic nitrogens is 1. The van der Waals surface area contributed by atoms with Crippen LogP contribution in [0.1, 0.15) is 32.4 Å². The zero-order valence-corrected chi connectivity index (χ0v) is 18.7. The second-order valence-electron chi connectivity index (χ2n) is 7.63. The maximum atomic E-state index is 13.2. The molecule has 0 saturated carbocycles. The molecule has 0 bridgehead atoms. The van der Waals surface area contributed by atoms with E-state index in [1.807, 2.05) is 12.1 Å². The van der Waals surface area contributed by atoms with Crippen molar-refractivity contribution >= 4 is 27.7 Å². The van der Waals surface area contributed by atoms with Crippen molar-refractivity contribution in [2.75, 3.05) is 12.3 Å². The van der Waals surface area contributed by atoms with Crippen LogP contribution in [-0.2, 0) is 21.4 Å². The van der Waals surface area contributed by atoms with Gasteiger partial charge in [-0.15, -0.1) is 11.8 Å². The van der Waals surface area contributed by atoms with E-state index in [0.717, 1.165) is 28.5 Å². The molecule has 30 heavy (non-hydrogen) atoms. The van der Waals surface area contributed by atoms with Gasteiger partial charge < -0.3 is 5.32 Å². The quantitative estimate of drug-likeness (QED) is 0.622. The molecule has 0 unspecified atom stereocenters. The molecule has 0 radical (unpaired) electrons. The third kappa shape index (κ3) is 5.59. The summed E-state index contributed by atoms with van der Waals surface area (Å²) in [7, 11) is -3.87. The number of nitrogens with zero attached hydrogens (tertiary/aromatic N) is 2. The minimum atomic E-state index is -3.87. The molecular formula is C21H26FN3O3S2. The fourth-order valence-corrected chi connectivity index (χ4v) is 5.79. The van der Waals surface area contributed by atoms with Gasteiger partial charge in [0.15, 0.2) is 0 Å². The van der Waals surface area contributed by atoms with Gasteiger partial charge in [0.1, 0.15) is 11.9 Å². The Morgan fingerprint density at radius 3 is 2.73 bits per heavy atom. The first-order chi connectivity index (χ1) is 14.3. The SMILES string of the molecule is CC(C)CSc1ccnc(CNC(=O)[C@@H]2CCCN2S(=O)(=O)c2ccc(F)cc2)c1. The molecule has 9 heteroatoms. The highest BCUT2D eigenvalue weighted by molar-refractivity contribution is 7.99. The van der Waals surface area contributed by atoms with Crippen LogP contribution >= 0.6 is 11.8 Å². The van der Waals surface area contributed by atoms with E-state index < -0.39 is 21.9 Å². The summed E-state index contributed by atoms with van der Waals surface area (Å²) >= 11 is 1.74. The zero-order chi connectivity index (χ0) is 21.7. The smallest absolute Gasteiger partial charge is 0.243 e. The number of amides is 1. The highest BCUT2D eigenvalue weighted by atomic mass is 32.2. The minimum Gasteiger partial charge on any atom is -0.349 e. The summed E-state index contributed by atoms with van der Waals surface area (Å²) in [6.07, 6.45) is 2.76. The molecule has 1 N–H and O–H groups in total. The Labute approximate surface area is 181 Å². The first-order valence-corrected chi connectivity index (χ1v) is 12.3. The summed E-state index contributed by atoms with van der Waals surface area (Å²) in [5, 5.41) is 2.82. The van der Waals surface area contributed by atoms with Crippen molar-refractivity contribution in [3.63, 3.8) is 0 Å². The highest BCUT2D eigenvalue weighted by Gasteiger charge is 2.39. The third-order valence-corrected chi connectivity index (χ3v) is 8.08. The van der Waals surface area contributed by atoms with Crippen LogP contribution in [0.2, 0.25) is 0 Å². The predicted molar refractivity (Wildman–Crippen MR) is 115 cm³/mol. The number of hydrogen-bond acceptors (Lipinski definition) is 5. The molecule has 1 aromatic carbocycles. The maximum Gasteiger partial charge on any atom is 0.243 e. The van der Waals surface area contributed by atoms with Gasteiger partial charge in [-0.3, -0.25) is 9.78 Å². The lowest BCUT2D eigenvalue weighted by Gasteiger charge is -2.23. The number of thioether (sulfide) groups is 1. The van der Waals surface area contributed by atoms with Crippen molar-refractivity contribution in [3.05, 3.63) is 54.1 Å². The van der Waals surface area contributed by atoms with Crippen LogP contribution < -0.4 is 5.32 Å². The van der Waals surface area contributed by atoms with Crippen molar-refractivity contribution in [2.24, 2.45) is 5.92 Å². The van der Waals surface area contributed by atoms with Crippen LogP contribution in [0.5, 0.6) is 0 Å². The largest absolute Gasteiger partial charge is 0.349 e. The van der Waals surface area contributed by atoms with Crippen LogP contribution in [0.15, 0.2) is 52.4 Å². The number of rotatable bonds is 8. The van der Waals surface area contributed by atoms with Crippen molar-refractivity contribution in [1.29, 1.82) is 0 Å². The second kappa shape index (κ2) is 9.89. The number of sulfonamides is 1. The molecule has 1 fully saturated rings. The molecule has 2 heterocycles. The van der Waals surface area contributed by atoms with E-state index in [2.05, 4.69) is 24.1 Å². The van der Waals surface area contributed by atoms with Crippen molar-refractivity contribution in [1.82, 2.24) is 14.6 Å². The van der Waals surface area contributed by atoms with Gasteiger partial charge in [-0.25, -0.2) is 12.8 Å². The summed E-state index contributed by atoms with van der Waals surface area (Å²) in [6, 6.07) is 7.76. The molecule has 1 saturated heterocycles. The van der Waals surface area contributed by atoms with Gasteiger partial charge >= 0.3 is 0 Å². The van der Waals surface area contributed by atoms with E-state index in [4.69, 9.17) is 0 Å². The lowest BCUT2D eigenvalue weighted by Crippen LogP contribution is -2.45. The summed E-state index contributed by atoms with van der Waals surface area (Å²) in [4.78, 5) is 18.1. The molecule has 2 aromatic rings. The molecule has 0 spiro atoms. The minimum absolute atomic E-state index is 0.0138. The van der Waals surface area contributed by atoms with Gasteiger partial charge in [0.25, 0.3) is 0 Å². The van der Waals surface area contributed by atoms with Gasteiger partial charge in [-0.05, 0) is 55.2 Å². The number of benzene rings is 1. The lowest BCUT2D eigenvalue weighted by molar-refractivity contribution is -0.124. The number of carbonyl (C=O) groups is 1. The Kier molecular flexibility index (Phi) is 7.49. The molecule has 162 valence electrons. The summed E-state index contributed by atoms with van der Waals surface area (Å²) in [5.41, 5.74) is 0.725. The summed E-state index contributed by atoms with van der Waals surface area (Å²) in [6.45, 7) is 4.80. The van der Waals surface area contributed by atoms with Gasteiger partial charge in [0.2, 0.25) is 15.9 Å². The number of carbonyl (C=O) groups excluding carboxylic acids is 1. The molecule has 1 aliphatic rings. The van der Waals surface area contributed by atoms with E-state index in [1.165, 1.54) is 16.4 Å². The van der Waals surface area contributed by atoms with Gasteiger partial charge in [-0.2, -0.15) is 4.31 Å². The summed E-state index contributed by atoms with van der Waals surface area (Å²) in [5.74, 6) is 0.711. The van der Waals surface area contributed by atoms with Gasteiger partial charge in [0.05, 0.1) is 17.1 Å². The van der Waals surface area contributed by atoms with E-state index in [9.17, 15) is 17.6 Å². The fraction of sp³-hybridized carbons (Fsp3) is 0.429. The molecule has 1 aromatic heterocycles. The number of hydrogen-bond donors (Lipinski definition) is 1. The van der Waals surface area contributed by atoms with Crippen LogP contribution in [0.3, 0.4) is 0 Å². The Morgan fingerprint density at radius 1 is 1.30 bits per heavy atom. The number of nitrogens with one attached hydrogen (secondary N) is 1. The van der Waals surface area contributed by atoms with Crippen LogP contribution in [0.4, 0.5) is 4.39 Å². The average molecular weight is 452 g/mol. The number of pyridine rings is 1. The standard InChI is InChI=1S/C21H26FN3O3S2/c1-15(2)14-29-18-9-10-23-17(12-18)13-24-21(26)20-4-3-11-25(20)30(27,28)19-7-5-16(22)6-8-19/h5-10,12,15,20H,3-4,11,13-14H2,1-2H3,(H,24,26)/t20-/m0/s1. The van der Waals surface area contributed by atoms with Crippen LogP contribution in [0.25, 0.3) is 0 Å². The first kappa shape index (κ1) is 22.7. The van der Waals surface area contributed by atoms with E-state index in [1.54, 1.807) is 18.0 Å². The van der Waals surface area contributed by atoms with Crippen LogP contribution in [0, 0.1) is 11.7 Å². The Hall–Kier alpha value is -1.97. The Balaban J connectivity index is 1.65. The Morgan fingerprint density at radius 2 is 2.03 bits per heavy atom. The molecule has 1 aliphatic heterocycles. The molecule has 0 aliphatic carbocycles. The molecule has 3 rings (SSSR count). The third-order valence-electron chi connectivity index (χ3n) is 4.74.